The lowest BCUT2D eigenvalue weighted by Gasteiger charge is -2.12. The summed E-state index contributed by atoms with van der Waals surface area (Å²) in [7, 11) is 0. The van der Waals surface area contributed by atoms with E-state index in [4.69, 9.17) is 33.4 Å². The summed E-state index contributed by atoms with van der Waals surface area (Å²) in [6.45, 7) is 0. The first-order chi connectivity index (χ1) is 7.66. The number of furan rings is 1. The van der Waals surface area contributed by atoms with Gasteiger partial charge in [0, 0.05) is 16.1 Å². The molecule has 0 spiro atoms. The Hall–Kier alpha value is -0.960. The summed E-state index contributed by atoms with van der Waals surface area (Å²) in [5.74, 6) is 0. The molecule has 0 fully saturated rings. The van der Waals surface area contributed by atoms with Gasteiger partial charge in [-0.3, -0.25) is 0 Å². The third kappa shape index (κ3) is 2.59. The van der Waals surface area contributed by atoms with Gasteiger partial charge in [-0.25, -0.2) is 0 Å². The number of hydrogen-bond acceptors (Lipinski definition) is 2. The highest BCUT2D eigenvalue weighted by Gasteiger charge is 2.11. The number of benzene rings is 1. The predicted molar refractivity (Wildman–Crippen MR) is 65.8 cm³/mol. The minimum atomic E-state index is -0.151. The molecule has 16 heavy (non-hydrogen) atoms. The number of hydrogen-bond donors (Lipinski definition) is 1. The summed E-state index contributed by atoms with van der Waals surface area (Å²) in [4.78, 5) is 0. The van der Waals surface area contributed by atoms with Crippen LogP contribution >= 0.6 is 23.2 Å². The molecule has 1 aromatic heterocycles. The van der Waals surface area contributed by atoms with Crippen molar-refractivity contribution < 1.29 is 4.42 Å². The molecule has 84 valence electrons. The second kappa shape index (κ2) is 4.91. The van der Waals surface area contributed by atoms with E-state index in [0.717, 1.165) is 11.1 Å². The molecule has 1 atom stereocenters. The van der Waals surface area contributed by atoms with Gasteiger partial charge < -0.3 is 10.2 Å². The van der Waals surface area contributed by atoms with Gasteiger partial charge in [-0.15, -0.1) is 0 Å². The molecule has 2 N–H and O–H groups in total. The van der Waals surface area contributed by atoms with Crippen LogP contribution in [0, 0.1) is 0 Å². The molecular formula is C12H11Cl2NO. The van der Waals surface area contributed by atoms with Crippen LogP contribution in [0.2, 0.25) is 10.0 Å². The fourth-order valence-corrected chi connectivity index (χ4v) is 2.12. The highest BCUT2D eigenvalue weighted by molar-refractivity contribution is 6.35. The van der Waals surface area contributed by atoms with E-state index in [0.29, 0.717) is 16.5 Å². The van der Waals surface area contributed by atoms with E-state index in [9.17, 15) is 0 Å². The molecule has 0 saturated carbocycles. The van der Waals surface area contributed by atoms with Crippen molar-refractivity contribution in [2.75, 3.05) is 0 Å². The topological polar surface area (TPSA) is 39.2 Å². The largest absolute Gasteiger partial charge is 0.472 e. The number of rotatable bonds is 3. The Labute approximate surface area is 104 Å². The standard InChI is InChI=1S/C12H11Cl2NO/c13-9-1-2-10(11(14)6-9)12(15)5-8-3-4-16-7-8/h1-4,6-7,12H,5,15H2. The predicted octanol–water partition coefficient (Wildman–Crippen LogP) is 3.83. The van der Waals surface area contributed by atoms with Gasteiger partial charge in [0.1, 0.15) is 0 Å². The highest BCUT2D eigenvalue weighted by atomic mass is 35.5. The second-order valence-electron chi connectivity index (χ2n) is 3.61. The molecule has 2 rings (SSSR count). The van der Waals surface area contributed by atoms with Crippen LogP contribution in [0.5, 0.6) is 0 Å². The van der Waals surface area contributed by atoms with Gasteiger partial charge in [0.2, 0.25) is 0 Å². The maximum absolute atomic E-state index is 6.08. The molecule has 0 saturated heterocycles. The maximum Gasteiger partial charge on any atom is 0.0935 e. The van der Waals surface area contributed by atoms with Gasteiger partial charge >= 0.3 is 0 Å². The first-order valence-electron chi connectivity index (χ1n) is 4.88. The third-order valence-electron chi connectivity index (χ3n) is 2.40. The molecule has 4 heteroatoms. The molecule has 1 heterocycles. The summed E-state index contributed by atoms with van der Waals surface area (Å²) in [6, 6.07) is 7.09. The summed E-state index contributed by atoms with van der Waals surface area (Å²) in [5, 5.41) is 1.22. The molecule has 2 nitrogen and oxygen atoms in total. The van der Waals surface area contributed by atoms with E-state index < -0.39 is 0 Å². The summed E-state index contributed by atoms with van der Waals surface area (Å²) in [5.41, 5.74) is 8.02. The SMILES string of the molecule is NC(Cc1ccoc1)c1ccc(Cl)cc1Cl. The fourth-order valence-electron chi connectivity index (χ4n) is 1.57. The molecule has 0 amide bonds. The van der Waals surface area contributed by atoms with Crippen LogP contribution in [-0.2, 0) is 6.42 Å². The molecule has 1 unspecified atom stereocenters. The first kappa shape index (κ1) is 11.5. The van der Waals surface area contributed by atoms with Gasteiger partial charge in [0.15, 0.2) is 0 Å². The highest BCUT2D eigenvalue weighted by Crippen LogP contribution is 2.27. The third-order valence-corrected chi connectivity index (χ3v) is 2.96. The van der Waals surface area contributed by atoms with Crippen molar-refractivity contribution in [2.24, 2.45) is 5.73 Å². The average molecular weight is 256 g/mol. The number of nitrogens with two attached hydrogens (primary N) is 1. The Bertz CT molecular complexity index is 468. The van der Waals surface area contributed by atoms with Gasteiger partial charge in [-0.2, -0.15) is 0 Å². The van der Waals surface area contributed by atoms with E-state index in [1.807, 2.05) is 12.1 Å². The van der Waals surface area contributed by atoms with Crippen LogP contribution in [0.4, 0.5) is 0 Å². The summed E-state index contributed by atoms with van der Waals surface area (Å²) < 4.78 is 4.99. The molecule has 0 aliphatic heterocycles. The van der Waals surface area contributed by atoms with E-state index in [1.54, 1.807) is 24.7 Å². The zero-order valence-corrected chi connectivity index (χ0v) is 10.0. The normalized spacial score (nSPS) is 12.7. The minimum absolute atomic E-state index is 0.151. The van der Waals surface area contributed by atoms with Crippen molar-refractivity contribution in [1.29, 1.82) is 0 Å². The van der Waals surface area contributed by atoms with Crippen LogP contribution in [0.25, 0.3) is 0 Å². The van der Waals surface area contributed by atoms with Crippen molar-refractivity contribution in [2.45, 2.75) is 12.5 Å². The van der Waals surface area contributed by atoms with Gasteiger partial charge in [0.05, 0.1) is 12.5 Å². The van der Waals surface area contributed by atoms with Gasteiger partial charge in [-0.1, -0.05) is 29.3 Å². The minimum Gasteiger partial charge on any atom is -0.472 e. The smallest absolute Gasteiger partial charge is 0.0935 e. The molecule has 1 aromatic carbocycles. The lowest BCUT2D eigenvalue weighted by Crippen LogP contribution is -2.13. The molecule has 2 aromatic rings. The van der Waals surface area contributed by atoms with Gasteiger partial charge in [-0.05, 0) is 35.7 Å². The van der Waals surface area contributed by atoms with E-state index in [-0.39, 0.29) is 6.04 Å². The Balaban J connectivity index is 2.17. The Kier molecular flexibility index (Phi) is 3.54. The van der Waals surface area contributed by atoms with Crippen molar-refractivity contribution in [3.8, 4) is 0 Å². The van der Waals surface area contributed by atoms with Crippen LogP contribution in [0.3, 0.4) is 0 Å². The molecule has 0 radical (unpaired) electrons. The Morgan fingerprint density at radius 1 is 1.25 bits per heavy atom. The molecular weight excluding hydrogens is 245 g/mol. The van der Waals surface area contributed by atoms with E-state index in [1.165, 1.54) is 0 Å². The van der Waals surface area contributed by atoms with Crippen LogP contribution in [0.1, 0.15) is 17.2 Å². The number of halogens is 2. The summed E-state index contributed by atoms with van der Waals surface area (Å²) in [6.07, 6.45) is 4.01. The Morgan fingerprint density at radius 3 is 2.69 bits per heavy atom. The first-order valence-corrected chi connectivity index (χ1v) is 5.64. The van der Waals surface area contributed by atoms with E-state index >= 15 is 0 Å². The second-order valence-corrected chi connectivity index (χ2v) is 4.45. The van der Waals surface area contributed by atoms with Crippen molar-refractivity contribution in [3.63, 3.8) is 0 Å². The lowest BCUT2D eigenvalue weighted by molar-refractivity contribution is 0.561. The zero-order valence-electron chi connectivity index (χ0n) is 8.49. The van der Waals surface area contributed by atoms with Crippen LogP contribution in [0.15, 0.2) is 41.2 Å². The fraction of sp³-hybridized carbons (Fsp3) is 0.167. The van der Waals surface area contributed by atoms with E-state index in [2.05, 4.69) is 0 Å². The van der Waals surface area contributed by atoms with Gasteiger partial charge in [0.25, 0.3) is 0 Å². The Morgan fingerprint density at radius 2 is 2.06 bits per heavy atom. The van der Waals surface area contributed by atoms with Crippen molar-refractivity contribution in [1.82, 2.24) is 0 Å². The van der Waals surface area contributed by atoms with Crippen LogP contribution in [-0.4, -0.2) is 0 Å². The van der Waals surface area contributed by atoms with Crippen LogP contribution < -0.4 is 5.73 Å². The molecule has 0 aliphatic rings. The summed E-state index contributed by atoms with van der Waals surface area (Å²) >= 11 is 11.9. The lowest BCUT2D eigenvalue weighted by atomic mass is 10.0. The molecule has 0 aliphatic carbocycles. The maximum atomic E-state index is 6.08. The van der Waals surface area contributed by atoms with Crippen molar-refractivity contribution >= 4 is 23.2 Å². The quantitative estimate of drug-likeness (QED) is 0.906. The zero-order chi connectivity index (χ0) is 11.5. The monoisotopic (exact) mass is 255 g/mol. The average Bonchev–Trinajstić information content (AvgIpc) is 2.70. The molecule has 0 bridgehead atoms. The van der Waals surface area contributed by atoms with Crippen molar-refractivity contribution in [3.05, 3.63) is 58.0 Å².